The first-order valence-corrected chi connectivity index (χ1v) is 7.10. The van der Waals surface area contributed by atoms with E-state index in [1.165, 1.54) is 24.5 Å². The van der Waals surface area contributed by atoms with Crippen LogP contribution in [0.1, 0.15) is 5.56 Å². The van der Waals surface area contributed by atoms with Gasteiger partial charge in [0.15, 0.2) is 17.5 Å². The van der Waals surface area contributed by atoms with Gasteiger partial charge in [-0.3, -0.25) is 0 Å². The van der Waals surface area contributed by atoms with Crippen LogP contribution >= 0.6 is 11.6 Å². The number of hydrogen-bond acceptors (Lipinski definition) is 4. The Kier molecular flexibility index (Phi) is 4.35. The standard InChI is InChI=1S/C16H9ClF3N3O/c1-8-11(18)7-10(15(20)14(8)19)16-22-5-3-13(23-16)24-9-2-4-21-12(17)6-9/h2-7H,1H3. The zero-order valence-electron chi connectivity index (χ0n) is 12.2. The lowest BCUT2D eigenvalue weighted by molar-refractivity contribution is 0.460. The van der Waals surface area contributed by atoms with Crippen LogP contribution in [-0.2, 0) is 0 Å². The molecule has 122 valence electrons. The maximum absolute atomic E-state index is 14.1. The van der Waals surface area contributed by atoms with Gasteiger partial charge in [0.25, 0.3) is 0 Å². The van der Waals surface area contributed by atoms with Crippen LogP contribution in [0.2, 0.25) is 5.15 Å². The molecule has 0 saturated carbocycles. The van der Waals surface area contributed by atoms with Gasteiger partial charge >= 0.3 is 0 Å². The third kappa shape index (κ3) is 3.16. The zero-order valence-corrected chi connectivity index (χ0v) is 13.0. The summed E-state index contributed by atoms with van der Waals surface area (Å²) in [7, 11) is 0. The molecule has 0 saturated heterocycles. The molecule has 0 aliphatic rings. The molecule has 0 unspecified atom stereocenters. The van der Waals surface area contributed by atoms with E-state index in [1.54, 1.807) is 6.07 Å². The van der Waals surface area contributed by atoms with Crippen LogP contribution in [0, 0.1) is 24.4 Å². The molecule has 0 spiro atoms. The third-order valence-corrected chi connectivity index (χ3v) is 3.39. The Balaban J connectivity index is 2.00. The molecule has 8 heteroatoms. The molecule has 2 aromatic heterocycles. The van der Waals surface area contributed by atoms with Crippen LogP contribution in [0.5, 0.6) is 11.6 Å². The van der Waals surface area contributed by atoms with Crippen molar-refractivity contribution in [2.24, 2.45) is 0 Å². The lowest BCUT2D eigenvalue weighted by atomic mass is 10.1. The van der Waals surface area contributed by atoms with Gasteiger partial charge in [-0.25, -0.2) is 23.1 Å². The minimum absolute atomic E-state index is 0.0584. The van der Waals surface area contributed by atoms with Crippen molar-refractivity contribution in [3.05, 3.63) is 64.8 Å². The van der Waals surface area contributed by atoms with Crippen molar-refractivity contribution in [1.29, 1.82) is 0 Å². The van der Waals surface area contributed by atoms with Crippen molar-refractivity contribution in [1.82, 2.24) is 15.0 Å². The van der Waals surface area contributed by atoms with Crippen molar-refractivity contribution in [2.75, 3.05) is 0 Å². The third-order valence-electron chi connectivity index (χ3n) is 3.18. The second-order valence-corrected chi connectivity index (χ2v) is 5.18. The van der Waals surface area contributed by atoms with Crippen LogP contribution in [0.15, 0.2) is 36.7 Å². The fourth-order valence-electron chi connectivity index (χ4n) is 1.95. The van der Waals surface area contributed by atoms with Gasteiger partial charge in [-0.1, -0.05) is 11.6 Å². The molecule has 0 amide bonds. The zero-order chi connectivity index (χ0) is 17.3. The summed E-state index contributed by atoms with van der Waals surface area (Å²) < 4.78 is 46.9. The van der Waals surface area contributed by atoms with Crippen LogP contribution < -0.4 is 4.74 Å². The lowest BCUT2D eigenvalue weighted by Crippen LogP contribution is -2.00. The maximum Gasteiger partial charge on any atom is 0.222 e. The fraction of sp³-hybridized carbons (Fsp3) is 0.0625. The Labute approximate surface area is 139 Å². The average molecular weight is 352 g/mol. The molecule has 24 heavy (non-hydrogen) atoms. The average Bonchev–Trinajstić information content (AvgIpc) is 2.56. The van der Waals surface area contributed by atoms with Gasteiger partial charge in [0, 0.05) is 30.1 Å². The first kappa shape index (κ1) is 16.2. The van der Waals surface area contributed by atoms with Crippen molar-refractivity contribution in [2.45, 2.75) is 6.92 Å². The summed E-state index contributed by atoms with van der Waals surface area (Å²) >= 11 is 5.75. The van der Waals surface area contributed by atoms with E-state index in [-0.39, 0.29) is 16.9 Å². The Morgan fingerprint density at radius 1 is 1.00 bits per heavy atom. The molecule has 4 nitrogen and oxygen atoms in total. The minimum atomic E-state index is -1.28. The Morgan fingerprint density at radius 3 is 2.50 bits per heavy atom. The number of hydrogen-bond donors (Lipinski definition) is 0. The highest BCUT2D eigenvalue weighted by atomic mass is 35.5. The summed E-state index contributed by atoms with van der Waals surface area (Å²) in [5.41, 5.74) is -0.802. The maximum atomic E-state index is 14.1. The monoisotopic (exact) mass is 351 g/mol. The summed E-state index contributed by atoms with van der Waals surface area (Å²) in [5, 5.41) is 0.218. The molecular formula is C16H9ClF3N3O. The normalized spacial score (nSPS) is 10.7. The molecule has 1 aromatic carbocycles. The quantitative estimate of drug-likeness (QED) is 0.506. The molecule has 0 fully saturated rings. The van der Waals surface area contributed by atoms with E-state index in [9.17, 15) is 13.2 Å². The number of benzene rings is 1. The van der Waals surface area contributed by atoms with Gasteiger partial charge in [-0.15, -0.1) is 0 Å². The lowest BCUT2D eigenvalue weighted by Gasteiger charge is -2.08. The van der Waals surface area contributed by atoms with Crippen molar-refractivity contribution in [3.63, 3.8) is 0 Å². The topological polar surface area (TPSA) is 47.9 Å². The van der Waals surface area contributed by atoms with Gasteiger partial charge in [0.1, 0.15) is 16.7 Å². The molecule has 2 heterocycles. The van der Waals surface area contributed by atoms with Crippen LogP contribution in [-0.4, -0.2) is 15.0 Å². The summed E-state index contributed by atoms with van der Waals surface area (Å²) in [4.78, 5) is 11.6. The first-order valence-electron chi connectivity index (χ1n) is 6.72. The second-order valence-electron chi connectivity index (χ2n) is 4.79. The largest absolute Gasteiger partial charge is 0.439 e. The predicted molar refractivity (Wildman–Crippen MR) is 81.4 cm³/mol. The van der Waals surface area contributed by atoms with Gasteiger partial charge in [0.2, 0.25) is 5.88 Å². The number of pyridine rings is 1. The number of nitrogens with zero attached hydrogens (tertiary/aromatic N) is 3. The van der Waals surface area contributed by atoms with E-state index < -0.39 is 28.6 Å². The summed E-state index contributed by atoms with van der Waals surface area (Å²) in [6, 6.07) is 5.25. The number of ether oxygens (including phenoxy) is 1. The molecule has 0 aliphatic carbocycles. The van der Waals surface area contributed by atoms with Gasteiger partial charge in [-0.05, 0) is 19.1 Å². The Bertz CT molecular complexity index is 921. The number of halogens is 4. The SMILES string of the molecule is Cc1c(F)cc(-c2nccc(Oc3ccnc(Cl)c3)n2)c(F)c1F. The Hall–Kier alpha value is -2.67. The smallest absolute Gasteiger partial charge is 0.222 e. The number of rotatable bonds is 3. The second kappa shape index (κ2) is 6.45. The van der Waals surface area contributed by atoms with Crippen molar-refractivity contribution in [3.8, 4) is 23.0 Å². The van der Waals surface area contributed by atoms with E-state index in [0.29, 0.717) is 5.75 Å². The van der Waals surface area contributed by atoms with Crippen LogP contribution in [0.4, 0.5) is 13.2 Å². The van der Waals surface area contributed by atoms with Crippen LogP contribution in [0.25, 0.3) is 11.4 Å². The molecule has 0 radical (unpaired) electrons. The van der Waals surface area contributed by atoms with Crippen molar-refractivity contribution >= 4 is 11.6 Å². The summed E-state index contributed by atoms with van der Waals surface area (Å²) in [5.74, 6) is -3.19. The highest BCUT2D eigenvalue weighted by Gasteiger charge is 2.19. The van der Waals surface area contributed by atoms with E-state index in [2.05, 4.69) is 15.0 Å². The molecule has 3 aromatic rings. The van der Waals surface area contributed by atoms with E-state index in [1.807, 2.05) is 0 Å². The number of aromatic nitrogens is 3. The van der Waals surface area contributed by atoms with Gasteiger partial charge in [0.05, 0.1) is 5.56 Å². The highest BCUT2D eigenvalue weighted by Crippen LogP contribution is 2.28. The molecule has 0 aliphatic heterocycles. The van der Waals surface area contributed by atoms with E-state index in [4.69, 9.17) is 16.3 Å². The minimum Gasteiger partial charge on any atom is -0.439 e. The molecule has 3 rings (SSSR count). The van der Waals surface area contributed by atoms with E-state index in [0.717, 1.165) is 13.0 Å². The molecule has 0 atom stereocenters. The van der Waals surface area contributed by atoms with Crippen LogP contribution in [0.3, 0.4) is 0 Å². The van der Waals surface area contributed by atoms with Gasteiger partial charge in [-0.2, -0.15) is 4.98 Å². The predicted octanol–water partition coefficient (Wildman–Crippen LogP) is 4.71. The first-order chi connectivity index (χ1) is 11.5. The summed E-state index contributed by atoms with van der Waals surface area (Å²) in [6.07, 6.45) is 2.72. The fourth-order valence-corrected chi connectivity index (χ4v) is 2.11. The molecule has 0 bridgehead atoms. The van der Waals surface area contributed by atoms with Crippen molar-refractivity contribution < 1.29 is 17.9 Å². The summed E-state index contributed by atoms with van der Waals surface area (Å²) in [6.45, 7) is 1.14. The molecular weight excluding hydrogens is 343 g/mol. The Morgan fingerprint density at radius 2 is 1.75 bits per heavy atom. The van der Waals surface area contributed by atoms with E-state index >= 15 is 0 Å². The highest BCUT2D eigenvalue weighted by molar-refractivity contribution is 6.29. The van der Waals surface area contributed by atoms with Gasteiger partial charge < -0.3 is 4.74 Å². The molecule has 0 N–H and O–H groups in total.